The number of aromatic nitrogens is 2. The van der Waals surface area contributed by atoms with Gasteiger partial charge in [0.25, 0.3) is 0 Å². The zero-order chi connectivity index (χ0) is 13.1. The number of piperidine rings is 1. The van der Waals surface area contributed by atoms with Crippen LogP contribution in [-0.2, 0) is 4.74 Å². The molecule has 0 aromatic carbocycles. The second kappa shape index (κ2) is 5.94. The zero-order valence-electron chi connectivity index (χ0n) is 11.5. The van der Waals surface area contributed by atoms with Crippen molar-refractivity contribution in [2.75, 3.05) is 39.8 Å². The fourth-order valence-corrected chi connectivity index (χ4v) is 2.81. The largest absolute Gasteiger partial charge is 0.368 e. The van der Waals surface area contributed by atoms with Crippen LogP contribution in [0.1, 0.15) is 36.4 Å². The van der Waals surface area contributed by atoms with E-state index in [1.807, 2.05) is 6.20 Å². The molecule has 2 aliphatic rings. The van der Waals surface area contributed by atoms with Crippen LogP contribution in [0.5, 0.6) is 0 Å². The first-order valence-corrected chi connectivity index (χ1v) is 7.16. The summed E-state index contributed by atoms with van der Waals surface area (Å²) in [6, 6.07) is 2.07. The molecule has 104 valence electrons. The molecule has 1 atom stereocenters. The van der Waals surface area contributed by atoms with Gasteiger partial charge in [-0.25, -0.2) is 9.97 Å². The van der Waals surface area contributed by atoms with Crippen molar-refractivity contribution in [1.82, 2.24) is 20.2 Å². The molecule has 5 heteroatoms. The van der Waals surface area contributed by atoms with E-state index in [9.17, 15) is 0 Å². The number of hydrogen-bond donors (Lipinski definition) is 1. The van der Waals surface area contributed by atoms with Crippen LogP contribution in [0, 0.1) is 0 Å². The average molecular weight is 262 g/mol. The molecule has 1 unspecified atom stereocenters. The van der Waals surface area contributed by atoms with Crippen molar-refractivity contribution in [3.8, 4) is 0 Å². The molecule has 0 aliphatic carbocycles. The number of nitrogens with zero attached hydrogens (tertiary/aromatic N) is 3. The van der Waals surface area contributed by atoms with E-state index >= 15 is 0 Å². The summed E-state index contributed by atoms with van der Waals surface area (Å²) in [5.74, 6) is 1.41. The van der Waals surface area contributed by atoms with Crippen LogP contribution in [0.3, 0.4) is 0 Å². The molecule has 19 heavy (non-hydrogen) atoms. The monoisotopic (exact) mass is 262 g/mol. The Morgan fingerprint density at radius 2 is 2.21 bits per heavy atom. The van der Waals surface area contributed by atoms with E-state index in [0.717, 1.165) is 38.6 Å². The van der Waals surface area contributed by atoms with E-state index in [2.05, 4.69) is 28.3 Å². The van der Waals surface area contributed by atoms with Crippen LogP contribution < -0.4 is 5.32 Å². The Bertz CT molecular complexity index is 412. The summed E-state index contributed by atoms with van der Waals surface area (Å²) in [6.07, 6.45) is 4.28. The number of hydrogen-bond acceptors (Lipinski definition) is 5. The molecule has 0 bridgehead atoms. The minimum atomic E-state index is 0.0139. The zero-order valence-corrected chi connectivity index (χ0v) is 11.5. The third-order valence-electron chi connectivity index (χ3n) is 4.05. The molecular weight excluding hydrogens is 240 g/mol. The Hall–Kier alpha value is -1.04. The minimum absolute atomic E-state index is 0.0139. The first-order chi connectivity index (χ1) is 9.33. The van der Waals surface area contributed by atoms with Gasteiger partial charge in [-0.1, -0.05) is 0 Å². The van der Waals surface area contributed by atoms with Gasteiger partial charge in [0.2, 0.25) is 0 Å². The van der Waals surface area contributed by atoms with Crippen LogP contribution in [-0.4, -0.2) is 54.7 Å². The summed E-state index contributed by atoms with van der Waals surface area (Å²) in [5.41, 5.74) is 1.19. The number of ether oxygens (including phenoxy) is 1. The van der Waals surface area contributed by atoms with Gasteiger partial charge in [0.1, 0.15) is 6.10 Å². The molecule has 1 aromatic heterocycles. The Kier molecular flexibility index (Phi) is 4.06. The van der Waals surface area contributed by atoms with Gasteiger partial charge in [-0.3, -0.25) is 0 Å². The highest BCUT2D eigenvalue weighted by Crippen LogP contribution is 2.26. The minimum Gasteiger partial charge on any atom is -0.368 e. The highest BCUT2D eigenvalue weighted by atomic mass is 16.5. The van der Waals surface area contributed by atoms with E-state index in [4.69, 9.17) is 9.72 Å². The SMILES string of the molecule is CN1CCC(c2ccnc(C3CNCCO3)n2)CC1. The Labute approximate surface area is 114 Å². The topological polar surface area (TPSA) is 50.3 Å². The molecule has 3 rings (SSSR count). The lowest BCUT2D eigenvalue weighted by atomic mass is 9.93. The van der Waals surface area contributed by atoms with Crippen molar-refractivity contribution in [1.29, 1.82) is 0 Å². The maximum absolute atomic E-state index is 5.73. The first-order valence-electron chi connectivity index (χ1n) is 7.16. The van der Waals surface area contributed by atoms with Crippen LogP contribution >= 0.6 is 0 Å². The fraction of sp³-hybridized carbons (Fsp3) is 0.714. The number of rotatable bonds is 2. The number of morpholine rings is 1. The van der Waals surface area contributed by atoms with E-state index in [0.29, 0.717) is 5.92 Å². The Balaban J connectivity index is 1.72. The van der Waals surface area contributed by atoms with E-state index in [1.54, 1.807) is 0 Å². The van der Waals surface area contributed by atoms with Crippen LogP contribution in [0.25, 0.3) is 0 Å². The quantitative estimate of drug-likeness (QED) is 0.860. The average Bonchev–Trinajstić information content (AvgIpc) is 2.49. The third kappa shape index (κ3) is 3.11. The molecule has 0 spiro atoms. The normalized spacial score (nSPS) is 26.5. The maximum Gasteiger partial charge on any atom is 0.158 e. The molecule has 0 saturated carbocycles. The van der Waals surface area contributed by atoms with Crippen molar-refractivity contribution in [2.24, 2.45) is 0 Å². The highest BCUT2D eigenvalue weighted by molar-refractivity contribution is 5.11. The second-order valence-electron chi connectivity index (χ2n) is 5.48. The van der Waals surface area contributed by atoms with Crippen molar-refractivity contribution >= 4 is 0 Å². The highest BCUT2D eigenvalue weighted by Gasteiger charge is 2.23. The standard InChI is InChI=1S/C14H22N4O/c1-18-7-3-11(4-8-18)12-2-5-16-14(17-12)13-10-15-6-9-19-13/h2,5,11,13,15H,3-4,6-10H2,1H3. The van der Waals surface area contributed by atoms with Crippen molar-refractivity contribution in [3.05, 3.63) is 23.8 Å². The lowest BCUT2D eigenvalue weighted by Crippen LogP contribution is -2.34. The van der Waals surface area contributed by atoms with Gasteiger partial charge in [0, 0.05) is 30.9 Å². The molecule has 5 nitrogen and oxygen atoms in total. The smallest absolute Gasteiger partial charge is 0.158 e. The van der Waals surface area contributed by atoms with Crippen molar-refractivity contribution in [2.45, 2.75) is 24.9 Å². The van der Waals surface area contributed by atoms with Gasteiger partial charge in [0.15, 0.2) is 5.82 Å². The van der Waals surface area contributed by atoms with Crippen LogP contribution in [0.2, 0.25) is 0 Å². The molecule has 2 saturated heterocycles. The second-order valence-corrected chi connectivity index (χ2v) is 5.48. The molecule has 1 aromatic rings. The summed E-state index contributed by atoms with van der Waals surface area (Å²) in [5, 5.41) is 3.33. The Morgan fingerprint density at radius 1 is 1.37 bits per heavy atom. The molecular formula is C14H22N4O. The summed E-state index contributed by atoms with van der Waals surface area (Å²) >= 11 is 0. The van der Waals surface area contributed by atoms with Crippen molar-refractivity contribution in [3.63, 3.8) is 0 Å². The predicted octanol–water partition coefficient (Wildman–Crippen LogP) is 0.947. The van der Waals surface area contributed by atoms with E-state index < -0.39 is 0 Å². The van der Waals surface area contributed by atoms with Crippen LogP contribution in [0.4, 0.5) is 0 Å². The summed E-state index contributed by atoms with van der Waals surface area (Å²) in [7, 11) is 2.18. The lowest BCUT2D eigenvalue weighted by Gasteiger charge is -2.29. The summed E-state index contributed by atoms with van der Waals surface area (Å²) in [4.78, 5) is 11.5. The summed E-state index contributed by atoms with van der Waals surface area (Å²) < 4.78 is 5.73. The molecule has 1 N–H and O–H groups in total. The van der Waals surface area contributed by atoms with Gasteiger partial charge in [-0.2, -0.15) is 0 Å². The predicted molar refractivity (Wildman–Crippen MR) is 73.1 cm³/mol. The van der Waals surface area contributed by atoms with Crippen molar-refractivity contribution < 1.29 is 4.74 Å². The van der Waals surface area contributed by atoms with Gasteiger partial charge in [-0.05, 0) is 39.0 Å². The molecule has 3 heterocycles. The molecule has 2 fully saturated rings. The summed E-state index contributed by atoms with van der Waals surface area (Å²) in [6.45, 7) is 4.80. The van der Waals surface area contributed by atoms with Gasteiger partial charge in [0.05, 0.1) is 6.61 Å². The van der Waals surface area contributed by atoms with Crippen LogP contribution in [0.15, 0.2) is 12.3 Å². The molecule has 0 amide bonds. The first kappa shape index (κ1) is 13.0. The van der Waals surface area contributed by atoms with Gasteiger partial charge < -0.3 is 15.0 Å². The maximum atomic E-state index is 5.73. The number of nitrogens with one attached hydrogen (secondary N) is 1. The number of likely N-dealkylation sites (tertiary alicyclic amines) is 1. The van der Waals surface area contributed by atoms with Gasteiger partial charge in [-0.15, -0.1) is 0 Å². The van der Waals surface area contributed by atoms with Gasteiger partial charge >= 0.3 is 0 Å². The van der Waals surface area contributed by atoms with E-state index in [1.165, 1.54) is 18.5 Å². The lowest BCUT2D eigenvalue weighted by molar-refractivity contribution is 0.0219. The Morgan fingerprint density at radius 3 is 2.95 bits per heavy atom. The fourth-order valence-electron chi connectivity index (χ4n) is 2.81. The molecule has 0 radical (unpaired) electrons. The molecule has 2 aliphatic heterocycles. The van der Waals surface area contributed by atoms with E-state index in [-0.39, 0.29) is 6.10 Å². The third-order valence-corrected chi connectivity index (χ3v) is 4.05.